The molecule has 4 nitrogen and oxygen atoms in total. The molecule has 16 heavy (non-hydrogen) atoms. The van der Waals surface area contributed by atoms with Crippen LogP contribution in [-0.4, -0.2) is 41.0 Å². The van der Waals surface area contributed by atoms with E-state index >= 15 is 0 Å². The highest BCUT2D eigenvalue weighted by molar-refractivity contribution is 5.94. The molecule has 2 fully saturated rings. The Labute approximate surface area is 94.7 Å². The van der Waals surface area contributed by atoms with Gasteiger partial charge in [0.15, 0.2) is 0 Å². The van der Waals surface area contributed by atoms with Crippen LogP contribution in [0, 0.1) is 0 Å². The fraction of sp³-hybridized carbons (Fsp3) is 0.500. The number of aromatic nitrogens is 1. The molecule has 0 aromatic carbocycles. The second-order valence-electron chi connectivity index (χ2n) is 4.52. The number of nitrogens with one attached hydrogen (secondary N) is 1. The van der Waals surface area contributed by atoms with Crippen LogP contribution in [0.5, 0.6) is 0 Å². The summed E-state index contributed by atoms with van der Waals surface area (Å²) in [5, 5.41) is 3.45. The monoisotopic (exact) mass is 217 g/mol. The number of likely N-dealkylation sites (tertiary alicyclic amines) is 1. The van der Waals surface area contributed by atoms with E-state index in [0.717, 1.165) is 31.5 Å². The lowest BCUT2D eigenvalue weighted by Gasteiger charge is -2.32. The van der Waals surface area contributed by atoms with Gasteiger partial charge in [-0.3, -0.25) is 9.78 Å². The minimum Gasteiger partial charge on any atom is -0.334 e. The van der Waals surface area contributed by atoms with E-state index in [2.05, 4.69) is 10.3 Å². The third kappa shape index (κ3) is 1.59. The average Bonchev–Trinajstić information content (AvgIpc) is 2.72. The maximum Gasteiger partial charge on any atom is 0.254 e. The third-order valence-electron chi connectivity index (χ3n) is 3.55. The Hall–Kier alpha value is -1.42. The first-order valence-corrected chi connectivity index (χ1v) is 5.79. The predicted octanol–water partition coefficient (Wildman–Crippen LogP) is 0.658. The summed E-state index contributed by atoms with van der Waals surface area (Å²) in [6.45, 7) is 1.82. The minimum absolute atomic E-state index is 0.148. The van der Waals surface area contributed by atoms with Crippen LogP contribution in [0.15, 0.2) is 24.5 Å². The van der Waals surface area contributed by atoms with Gasteiger partial charge in [0.05, 0.1) is 0 Å². The summed E-state index contributed by atoms with van der Waals surface area (Å²) in [4.78, 5) is 18.2. The summed E-state index contributed by atoms with van der Waals surface area (Å²) < 4.78 is 0. The Bertz CT molecular complexity index is 393. The summed E-state index contributed by atoms with van der Waals surface area (Å²) in [5.41, 5.74) is 0.750. The molecule has 0 spiro atoms. The number of hydrogen-bond donors (Lipinski definition) is 1. The lowest BCUT2D eigenvalue weighted by atomic mass is 10.0. The standard InChI is InChI=1S/C12H15N3O/c16-12(9-1-4-13-5-2-9)15-6-3-10-7-11(15)8-14-10/h1-2,4-5,10-11,14H,3,6-8H2. The van der Waals surface area contributed by atoms with Crippen molar-refractivity contribution < 1.29 is 4.79 Å². The van der Waals surface area contributed by atoms with Crippen molar-refractivity contribution in [3.05, 3.63) is 30.1 Å². The molecular formula is C12H15N3O. The molecule has 2 atom stereocenters. The number of amides is 1. The predicted molar refractivity (Wildman–Crippen MR) is 60.1 cm³/mol. The van der Waals surface area contributed by atoms with Crippen molar-refractivity contribution in [3.63, 3.8) is 0 Å². The zero-order valence-electron chi connectivity index (χ0n) is 9.10. The van der Waals surface area contributed by atoms with Gasteiger partial charge >= 0.3 is 0 Å². The van der Waals surface area contributed by atoms with Crippen LogP contribution in [0.4, 0.5) is 0 Å². The van der Waals surface area contributed by atoms with Crippen molar-refractivity contribution >= 4 is 5.91 Å². The molecule has 1 N–H and O–H groups in total. The Morgan fingerprint density at radius 3 is 3.06 bits per heavy atom. The first-order valence-electron chi connectivity index (χ1n) is 5.79. The van der Waals surface area contributed by atoms with Crippen molar-refractivity contribution in [2.24, 2.45) is 0 Å². The van der Waals surface area contributed by atoms with Crippen molar-refractivity contribution in [1.29, 1.82) is 0 Å². The van der Waals surface area contributed by atoms with Gasteiger partial charge in [-0.15, -0.1) is 0 Å². The fourth-order valence-electron chi connectivity index (χ4n) is 2.66. The van der Waals surface area contributed by atoms with E-state index in [0.29, 0.717) is 12.1 Å². The summed E-state index contributed by atoms with van der Waals surface area (Å²) in [5.74, 6) is 0.148. The van der Waals surface area contributed by atoms with Gasteiger partial charge in [-0.05, 0) is 25.0 Å². The van der Waals surface area contributed by atoms with Crippen LogP contribution in [0.25, 0.3) is 0 Å². The van der Waals surface area contributed by atoms with E-state index < -0.39 is 0 Å². The highest BCUT2D eigenvalue weighted by Gasteiger charge is 2.36. The molecule has 0 aliphatic carbocycles. The molecule has 3 heterocycles. The van der Waals surface area contributed by atoms with Gasteiger partial charge in [0.1, 0.15) is 0 Å². The van der Waals surface area contributed by atoms with Crippen LogP contribution in [-0.2, 0) is 0 Å². The summed E-state index contributed by atoms with van der Waals surface area (Å²) in [6.07, 6.45) is 5.53. The van der Waals surface area contributed by atoms with Crippen LogP contribution in [0.3, 0.4) is 0 Å². The quantitative estimate of drug-likeness (QED) is 0.751. The Morgan fingerprint density at radius 1 is 1.44 bits per heavy atom. The Balaban J connectivity index is 1.80. The van der Waals surface area contributed by atoms with Gasteiger partial charge in [-0.1, -0.05) is 0 Å². The number of fused-ring (bicyclic) bond motifs is 2. The molecule has 1 aromatic rings. The van der Waals surface area contributed by atoms with Crippen molar-refractivity contribution in [1.82, 2.24) is 15.2 Å². The van der Waals surface area contributed by atoms with Crippen LogP contribution < -0.4 is 5.32 Å². The van der Waals surface area contributed by atoms with Crippen LogP contribution in [0.1, 0.15) is 23.2 Å². The average molecular weight is 217 g/mol. The van der Waals surface area contributed by atoms with Gasteiger partial charge in [0.25, 0.3) is 5.91 Å². The summed E-state index contributed by atoms with van der Waals surface area (Å²) in [6, 6.07) is 4.60. The van der Waals surface area contributed by atoms with E-state index in [1.165, 1.54) is 0 Å². The molecule has 4 heteroatoms. The molecule has 1 aromatic heterocycles. The van der Waals surface area contributed by atoms with Crippen molar-refractivity contribution in [2.75, 3.05) is 13.1 Å². The third-order valence-corrected chi connectivity index (χ3v) is 3.55. The SMILES string of the molecule is O=C(c1ccncc1)N1CCC2CC1CN2. The highest BCUT2D eigenvalue weighted by Crippen LogP contribution is 2.24. The van der Waals surface area contributed by atoms with Gasteiger partial charge in [0, 0.05) is 43.1 Å². The maximum atomic E-state index is 12.3. The van der Waals surface area contributed by atoms with E-state index in [1.807, 2.05) is 4.90 Å². The second kappa shape index (κ2) is 3.87. The maximum absolute atomic E-state index is 12.3. The first kappa shape index (κ1) is 9.78. The van der Waals surface area contributed by atoms with Crippen molar-refractivity contribution in [3.8, 4) is 0 Å². The summed E-state index contributed by atoms with van der Waals surface area (Å²) >= 11 is 0. The van der Waals surface area contributed by atoms with Crippen LogP contribution in [0.2, 0.25) is 0 Å². The van der Waals surface area contributed by atoms with Gasteiger partial charge in [-0.2, -0.15) is 0 Å². The molecule has 2 unspecified atom stereocenters. The molecule has 0 radical (unpaired) electrons. The number of carbonyl (C=O) groups is 1. The van der Waals surface area contributed by atoms with E-state index in [9.17, 15) is 4.79 Å². The van der Waals surface area contributed by atoms with Gasteiger partial charge in [-0.25, -0.2) is 0 Å². The Morgan fingerprint density at radius 2 is 2.25 bits per heavy atom. The highest BCUT2D eigenvalue weighted by atomic mass is 16.2. The molecule has 84 valence electrons. The normalized spacial score (nSPS) is 28.1. The topological polar surface area (TPSA) is 45.2 Å². The molecule has 3 rings (SSSR count). The Kier molecular flexibility index (Phi) is 2.36. The number of carbonyl (C=O) groups excluding carboxylic acids is 1. The molecule has 2 bridgehead atoms. The van der Waals surface area contributed by atoms with Crippen LogP contribution >= 0.6 is 0 Å². The second-order valence-corrected chi connectivity index (χ2v) is 4.52. The molecule has 0 saturated carbocycles. The molecule has 2 aliphatic heterocycles. The number of pyridine rings is 1. The number of piperidine rings is 1. The number of rotatable bonds is 1. The number of hydrogen-bond acceptors (Lipinski definition) is 3. The lowest BCUT2D eigenvalue weighted by molar-refractivity contribution is 0.0658. The zero-order chi connectivity index (χ0) is 11.0. The van der Waals surface area contributed by atoms with Gasteiger partial charge in [0.2, 0.25) is 0 Å². The molecule has 2 saturated heterocycles. The van der Waals surface area contributed by atoms with E-state index in [1.54, 1.807) is 24.5 Å². The van der Waals surface area contributed by atoms with E-state index in [-0.39, 0.29) is 5.91 Å². The number of nitrogens with zero attached hydrogens (tertiary/aromatic N) is 2. The van der Waals surface area contributed by atoms with Gasteiger partial charge < -0.3 is 10.2 Å². The molecule has 2 aliphatic rings. The molecule has 1 amide bonds. The molecular weight excluding hydrogens is 202 g/mol. The summed E-state index contributed by atoms with van der Waals surface area (Å²) in [7, 11) is 0. The largest absolute Gasteiger partial charge is 0.334 e. The smallest absolute Gasteiger partial charge is 0.254 e. The first-order chi connectivity index (χ1) is 7.84. The van der Waals surface area contributed by atoms with Crippen molar-refractivity contribution in [2.45, 2.75) is 24.9 Å². The van der Waals surface area contributed by atoms with E-state index in [4.69, 9.17) is 0 Å². The lowest BCUT2D eigenvalue weighted by Crippen LogP contribution is -2.44. The minimum atomic E-state index is 0.148. The fourth-order valence-corrected chi connectivity index (χ4v) is 2.66. The zero-order valence-corrected chi connectivity index (χ0v) is 9.10.